The first-order chi connectivity index (χ1) is 10.3. The van der Waals surface area contributed by atoms with Crippen LogP contribution in [-0.4, -0.2) is 48.6 Å². The van der Waals surface area contributed by atoms with Crippen molar-refractivity contribution in [1.82, 2.24) is 20.4 Å². The maximum Gasteiger partial charge on any atom is 0.191 e. The molecule has 0 aliphatic rings. The predicted molar refractivity (Wildman–Crippen MR) is 86.5 cm³/mol. The van der Waals surface area contributed by atoms with E-state index in [1.54, 1.807) is 6.20 Å². The van der Waals surface area contributed by atoms with Gasteiger partial charge in [0.2, 0.25) is 0 Å². The van der Waals surface area contributed by atoms with E-state index in [0.29, 0.717) is 5.92 Å². The molecule has 0 saturated carbocycles. The molecule has 1 aromatic heterocycles. The van der Waals surface area contributed by atoms with Crippen LogP contribution in [-0.2, 0) is 11.3 Å². The highest BCUT2D eigenvalue weighted by Crippen LogP contribution is 2.00. The Morgan fingerprint density at radius 2 is 2.24 bits per heavy atom. The van der Waals surface area contributed by atoms with Crippen molar-refractivity contribution in [3.8, 4) is 0 Å². The number of ether oxygens (including phenoxy) is 1. The Morgan fingerprint density at radius 1 is 1.38 bits per heavy atom. The minimum absolute atomic E-state index is 0.448. The molecule has 0 fully saturated rings. The summed E-state index contributed by atoms with van der Waals surface area (Å²) in [6.45, 7) is 11.2. The molecule has 1 heterocycles. The molecule has 0 spiro atoms. The van der Waals surface area contributed by atoms with E-state index < -0.39 is 0 Å². The van der Waals surface area contributed by atoms with Gasteiger partial charge < -0.3 is 15.4 Å². The normalized spacial score (nSPS) is 13.2. The van der Waals surface area contributed by atoms with Crippen LogP contribution in [0.2, 0.25) is 0 Å². The molecule has 6 heteroatoms. The lowest BCUT2D eigenvalue weighted by Gasteiger charge is -2.13. The third-order valence-corrected chi connectivity index (χ3v) is 2.93. The zero-order valence-electron chi connectivity index (χ0n) is 13.5. The number of rotatable bonds is 10. The maximum atomic E-state index is 5.32. The van der Waals surface area contributed by atoms with Crippen molar-refractivity contribution in [1.29, 1.82) is 0 Å². The van der Waals surface area contributed by atoms with Gasteiger partial charge in [-0.15, -0.1) is 0 Å². The average molecular weight is 295 g/mol. The minimum Gasteiger partial charge on any atom is -0.382 e. The molecule has 0 aliphatic heterocycles. The van der Waals surface area contributed by atoms with E-state index in [2.05, 4.69) is 34.6 Å². The fourth-order valence-electron chi connectivity index (χ4n) is 1.90. The van der Waals surface area contributed by atoms with E-state index >= 15 is 0 Å². The van der Waals surface area contributed by atoms with Crippen LogP contribution in [0.1, 0.15) is 27.2 Å². The zero-order valence-corrected chi connectivity index (χ0v) is 13.5. The van der Waals surface area contributed by atoms with Gasteiger partial charge in [0, 0.05) is 51.8 Å². The van der Waals surface area contributed by atoms with E-state index in [9.17, 15) is 0 Å². The van der Waals surface area contributed by atoms with E-state index in [0.717, 1.165) is 51.8 Å². The summed E-state index contributed by atoms with van der Waals surface area (Å²) >= 11 is 0. The lowest BCUT2D eigenvalue weighted by molar-refractivity contribution is 0.145. The van der Waals surface area contributed by atoms with Crippen LogP contribution in [0.5, 0.6) is 0 Å². The first-order valence-corrected chi connectivity index (χ1v) is 7.83. The maximum absolute atomic E-state index is 5.32. The quantitative estimate of drug-likeness (QED) is 0.390. The largest absolute Gasteiger partial charge is 0.382 e. The van der Waals surface area contributed by atoms with Gasteiger partial charge in [0.15, 0.2) is 5.96 Å². The van der Waals surface area contributed by atoms with Crippen molar-refractivity contribution in [2.75, 3.05) is 32.8 Å². The first kappa shape index (κ1) is 17.5. The van der Waals surface area contributed by atoms with Gasteiger partial charge in [-0.2, -0.15) is 5.10 Å². The Labute approximate surface area is 128 Å². The summed E-state index contributed by atoms with van der Waals surface area (Å²) in [5, 5.41) is 10.8. The second-order valence-corrected chi connectivity index (χ2v) is 5.03. The van der Waals surface area contributed by atoms with Gasteiger partial charge in [-0.05, 0) is 32.3 Å². The smallest absolute Gasteiger partial charge is 0.191 e. The topological polar surface area (TPSA) is 63.5 Å². The summed E-state index contributed by atoms with van der Waals surface area (Å²) < 4.78 is 7.27. The highest BCUT2D eigenvalue weighted by molar-refractivity contribution is 5.79. The van der Waals surface area contributed by atoms with Crippen LogP contribution in [0.4, 0.5) is 0 Å². The molecule has 0 aromatic carbocycles. The molecule has 1 atom stereocenters. The molecule has 0 radical (unpaired) electrons. The summed E-state index contributed by atoms with van der Waals surface area (Å²) in [5.74, 6) is 1.32. The highest BCUT2D eigenvalue weighted by atomic mass is 16.5. The predicted octanol–water partition coefficient (Wildman–Crippen LogP) is 1.50. The molecule has 120 valence electrons. The Hall–Kier alpha value is -1.56. The van der Waals surface area contributed by atoms with Gasteiger partial charge >= 0.3 is 0 Å². The van der Waals surface area contributed by atoms with E-state index in [1.807, 2.05) is 23.9 Å². The number of aliphatic imine (C=N–C) groups is 1. The number of aromatic nitrogens is 2. The average Bonchev–Trinajstić information content (AvgIpc) is 2.97. The molecule has 21 heavy (non-hydrogen) atoms. The second-order valence-electron chi connectivity index (χ2n) is 5.03. The molecule has 1 rings (SSSR count). The van der Waals surface area contributed by atoms with Gasteiger partial charge in [0.25, 0.3) is 0 Å². The molecule has 0 bridgehead atoms. The van der Waals surface area contributed by atoms with Crippen molar-refractivity contribution in [2.45, 2.75) is 33.7 Å². The van der Waals surface area contributed by atoms with Crippen molar-refractivity contribution in [2.24, 2.45) is 10.9 Å². The molecular weight excluding hydrogens is 266 g/mol. The van der Waals surface area contributed by atoms with E-state index in [1.165, 1.54) is 0 Å². The van der Waals surface area contributed by atoms with Crippen molar-refractivity contribution < 1.29 is 4.74 Å². The van der Waals surface area contributed by atoms with Gasteiger partial charge in [-0.3, -0.25) is 9.67 Å². The Bertz CT molecular complexity index is 377. The monoisotopic (exact) mass is 295 g/mol. The van der Waals surface area contributed by atoms with Gasteiger partial charge in [0.05, 0.1) is 0 Å². The Morgan fingerprint density at radius 3 is 2.90 bits per heavy atom. The SMILES string of the molecule is CCNC(=NCC(C)Cn1cccn1)NCCCOCC. The van der Waals surface area contributed by atoms with Crippen LogP contribution in [0.15, 0.2) is 23.5 Å². The third-order valence-electron chi connectivity index (χ3n) is 2.93. The summed E-state index contributed by atoms with van der Waals surface area (Å²) in [7, 11) is 0. The van der Waals surface area contributed by atoms with Crippen molar-refractivity contribution >= 4 is 5.96 Å². The van der Waals surface area contributed by atoms with Crippen LogP contribution >= 0.6 is 0 Å². The number of nitrogens with one attached hydrogen (secondary N) is 2. The number of guanidine groups is 1. The molecular formula is C15H29N5O. The minimum atomic E-state index is 0.448. The van der Waals surface area contributed by atoms with Crippen molar-refractivity contribution in [3.63, 3.8) is 0 Å². The molecule has 2 N–H and O–H groups in total. The fraction of sp³-hybridized carbons (Fsp3) is 0.733. The Kier molecular flexibility index (Phi) is 9.28. The number of nitrogens with zero attached hydrogens (tertiary/aromatic N) is 3. The molecule has 0 saturated heterocycles. The summed E-state index contributed by atoms with van der Waals surface area (Å²) in [4.78, 5) is 4.62. The summed E-state index contributed by atoms with van der Waals surface area (Å²) in [5.41, 5.74) is 0. The first-order valence-electron chi connectivity index (χ1n) is 7.83. The van der Waals surface area contributed by atoms with E-state index in [4.69, 9.17) is 4.74 Å². The van der Waals surface area contributed by atoms with Gasteiger partial charge in [-0.25, -0.2) is 0 Å². The molecule has 0 aliphatic carbocycles. The third kappa shape index (κ3) is 8.34. The van der Waals surface area contributed by atoms with Crippen LogP contribution in [0.25, 0.3) is 0 Å². The number of hydrogen-bond acceptors (Lipinski definition) is 3. The van der Waals surface area contributed by atoms with Gasteiger partial charge in [-0.1, -0.05) is 6.92 Å². The highest BCUT2D eigenvalue weighted by Gasteiger charge is 2.04. The second kappa shape index (κ2) is 11.1. The summed E-state index contributed by atoms with van der Waals surface area (Å²) in [6, 6.07) is 1.94. The zero-order chi connectivity index (χ0) is 15.3. The van der Waals surface area contributed by atoms with Crippen molar-refractivity contribution in [3.05, 3.63) is 18.5 Å². The fourth-order valence-corrected chi connectivity index (χ4v) is 1.90. The molecule has 1 aromatic rings. The number of hydrogen-bond donors (Lipinski definition) is 2. The summed E-state index contributed by atoms with van der Waals surface area (Å²) in [6.07, 6.45) is 4.78. The van der Waals surface area contributed by atoms with Crippen LogP contribution in [0.3, 0.4) is 0 Å². The van der Waals surface area contributed by atoms with Gasteiger partial charge in [0.1, 0.15) is 0 Å². The van der Waals surface area contributed by atoms with Crippen LogP contribution < -0.4 is 10.6 Å². The lowest BCUT2D eigenvalue weighted by Crippen LogP contribution is -2.38. The Balaban J connectivity index is 2.29. The molecule has 1 unspecified atom stereocenters. The standard InChI is InChI=1S/C15H29N5O/c1-4-16-15(17-8-7-11-21-5-2)18-12-14(3)13-20-10-6-9-19-20/h6,9-10,14H,4-5,7-8,11-13H2,1-3H3,(H2,16,17,18). The molecule has 6 nitrogen and oxygen atoms in total. The molecule has 0 amide bonds. The van der Waals surface area contributed by atoms with E-state index in [-0.39, 0.29) is 0 Å². The lowest BCUT2D eigenvalue weighted by atomic mass is 10.2. The van der Waals surface area contributed by atoms with Crippen LogP contribution in [0, 0.1) is 5.92 Å².